The standard InChI is InChI=1S/C10H18ClN5O2/c1-16(2)10-14-8(11)13-9(15-10)12-7(6-17)4-5-18-3/h7,17H,4-6H2,1-3H3,(H,12,13,14,15). The van der Waals surface area contributed by atoms with Crippen LogP contribution in [0.1, 0.15) is 6.42 Å². The molecular weight excluding hydrogens is 258 g/mol. The number of methoxy groups -OCH3 is 1. The molecule has 0 amide bonds. The average Bonchev–Trinajstić information content (AvgIpc) is 2.33. The normalized spacial score (nSPS) is 12.3. The molecule has 0 saturated heterocycles. The number of hydrogen-bond acceptors (Lipinski definition) is 7. The van der Waals surface area contributed by atoms with Crippen LogP contribution in [0.15, 0.2) is 0 Å². The number of nitrogens with zero attached hydrogens (tertiary/aromatic N) is 4. The molecule has 1 atom stereocenters. The van der Waals surface area contributed by atoms with Gasteiger partial charge in [-0.15, -0.1) is 0 Å². The highest BCUT2D eigenvalue weighted by atomic mass is 35.5. The van der Waals surface area contributed by atoms with Gasteiger partial charge in [-0.05, 0) is 18.0 Å². The van der Waals surface area contributed by atoms with Crippen LogP contribution in [0.25, 0.3) is 0 Å². The second-order valence-corrected chi connectivity index (χ2v) is 4.27. The maximum absolute atomic E-state index is 9.23. The van der Waals surface area contributed by atoms with Crippen LogP contribution >= 0.6 is 11.6 Å². The van der Waals surface area contributed by atoms with Gasteiger partial charge in [-0.3, -0.25) is 0 Å². The second kappa shape index (κ2) is 7.30. The van der Waals surface area contributed by atoms with E-state index in [9.17, 15) is 5.11 Å². The molecule has 2 N–H and O–H groups in total. The van der Waals surface area contributed by atoms with Crippen molar-refractivity contribution in [3.63, 3.8) is 0 Å². The number of hydrogen-bond donors (Lipinski definition) is 2. The molecule has 0 aliphatic rings. The fraction of sp³-hybridized carbons (Fsp3) is 0.700. The first-order valence-electron chi connectivity index (χ1n) is 5.52. The lowest BCUT2D eigenvalue weighted by Gasteiger charge is -2.17. The zero-order valence-corrected chi connectivity index (χ0v) is 11.5. The SMILES string of the molecule is COCCC(CO)Nc1nc(Cl)nc(N(C)C)n1. The molecule has 1 aromatic rings. The van der Waals surface area contributed by atoms with E-state index >= 15 is 0 Å². The van der Waals surface area contributed by atoms with Gasteiger partial charge in [0, 0.05) is 27.8 Å². The minimum atomic E-state index is -0.182. The van der Waals surface area contributed by atoms with E-state index in [1.165, 1.54) is 0 Å². The van der Waals surface area contributed by atoms with E-state index < -0.39 is 0 Å². The maximum Gasteiger partial charge on any atom is 0.230 e. The Labute approximate surface area is 111 Å². The summed E-state index contributed by atoms with van der Waals surface area (Å²) >= 11 is 5.81. The smallest absolute Gasteiger partial charge is 0.230 e. The van der Waals surface area contributed by atoms with Gasteiger partial charge in [-0.25, -0.2) is 0 Å². The number of aromatic nitrogens is 3. The maximum atomic E-state index is 9.23. The molecule has 0 spiro atoms. The first kappa shape index (κ1) is 14.9. The van der Waals surface area contributed by atoms with Crippen molar-refractivity contribution in [3.05, 3.63) is 5.28 Å². The fourth-order valence-electron chi connectivity index (χ4n) is 1.26. The number of nitrogens with one attached hydrogen (secondary N) is 1. The van der Waals surface area contributed by atoms with Gasteiger partial charge in [0.25, 0.3) is 0 Å². The Balaban J connectivity index is 2.75. The summed E-state index contributed by atoms with van der Waals surface area (Å²) < 4.78 is 4.96. The van der Waals surface area contributed by atoms with E-state index in [1.807, 2.05) is 14.1 Å². The van der Waals surface area contributed by atoms with Gasteiger partial charge in [0.2, 0.25) is 17.2 Å². The molecule has 102 valence electrons. The molecule has 1 heterocycles. The van der Waals surface area contributed by atoms with Crippen LogP contribution in [0.4, 0.5) is 11.9 Å². The highest BCUT2D eigenvalue weighted by Crippen LogP contribution is 2.12. The third-order valence-corrected chi connectivity index (χ3v) is 2.39. The molecular formula is C10H18ClN5O2. The summed E-state index contributed by atoms with van der Waals surface area (Å²) in [7, 11) is 5.23. The Morgan fingerprint density at radius 2 is 2.11 bits per heavy atom. The summed E-state index contributed by atoms with van der Waals surface area (Å²) in [4.78, 5) is 13.8. The first-order valence-corrected chi connectivity index (χ1v) is 5.89. The molecule has 0 saturated carbocycles. The largest absolute Gasteiger partial charge is 0.394 e. The summed E-state index contributed by atoms with van der Waals surface area (Å²) in [6.07, 6.45) is 0.646. The van der Waals surface area contributed by atoms with Crippen molar-refractivity contribution < 1.29 is 9.84 Å². The van der Waals surface area contributed by atoms with Gasteiger partial charge in [0.1, 0.15) is 0 Å². The van der Waals surface area contributed by atoms with Crippen molar-refractivity contribution >= 4 is 23.5 Å². The van der Waals surface area contributed by atoms with E-state index in [-0.39, 0.29) is 17.9 Å². The first-order chi connectivity index (χ1) is 8.56. The quantitative estimate of drug-likeness (QED) is 0.745. The topological polar surface area (TPSA) is 83.4 Å². The Morgan fingerprint density at radius 3 is 2.67 bits per heavy atom. The van der Waals surface area contributed by atoms with Gasteiger partial charge in [-0.1, -0.05) is 0 Å². The molecule has 1 aromatic heterocycles. The predicted octanol–water partition coefficient (Wildman–Crippen LogP) is 0.400. The van der Waals surface area contributed by atoms with Crippen molar-refractivity contribution in [2.45, 2.75) is 12.5 Å². The average molecular weight is 276 g/mol. The molecule has 0 radical (unpaired) electrons. The highest BCUT2D eigenvalue weighted by molar-refractivity contribution is 6.28. The number of halogens is 1. The number of aliphatic hydroxyl groups is 1. The van der Waals surface area contributed by atoms with Crippen LogP contribution in [0.5, 0.6) is 0 Å². The summed E-state index contributed by atoms with van der Waals surface area (Å²) in [5, 5.41) is 12.3. The summed E-state index contributed by atoms with van der Waals surface area (Å²) in [6, 6.07) is -0.182. The summed E-state index contributed by atoms with van der Waals surface area (Å²) in [6.45, 7) is 0.502. The van der Waals surface area contributed by atoms with E-state index in [4.69, 9.17) is 16.3 Å². The van der Waals surface area contributed by atoms with Gasteiger partial charge in [-0.2, -0.15) is 15.0 Å². The number of anilines is 2. The monoisotopic (exact) mass is 275 g/mol. The second-order valence-electron chi connectivity index (χ2n) is 3.93. The highest BCUT2D eigenvalue weighted by Gasteiger charge is 2.11. The molecule has 0 aliphatic carbocycles. The zero-order chi connectivity index (χ0) is 13.5. The number of aliphatic hydroxyl groups excluding tert-OH is 1. The van der Waals surface area contributed by atoms with Crippen LogP contribution < -0.4 is 10.2 Å². The van der Waals surface area contributed by atoms with E-state index in [0.717, 1.165) is 0 Å². The number of rotatable bonds is 7. The van der Waals surface area contributed by atoms with Gasteiger partial charge in [0.05, 0.1) is 12.6 Å². The van der Waals surface area contributed by atoms with E-state index in [0.29, 0.717) is 24.9 Å². The Morgan fingerprint density at radius 1 is 1.39 bits per heavy atom. The Bertz CT molecular complexity index is 377. The van der Waals surface area contributed by atoms with Gasteiger partial charge >= 0.3 is 0 Å². The van der Waals surface area contributed by atoms with Crippen LogP contribution in [0.3, 0.4) is 0 Å². The van der Waals surface area contributed by atoms with E-state index in [2.05, 4.69) is 20.3 Å². The minimum absolute atomic E-state index is 0.0377. The van der Waals surface area contributed by atoms with Crippen LogP contribution in [0, 0.1) is 0 Å². The molecule has 0 aromatic carbocycles. The number of ether oxygens (including phenoxy) is 1. The molecule has 1 unspecified atom stereocenters. The molecule has 1 rings (SSSR count). The van der Waals surface area contributed by atoms with Crippen LogP contribution in [0.2, 0.25) is 5.28 Å². The lowest BCUT2D eigenvalue weighted by molar-refractivity contribution is 0.174. The third kappa shape index (κ3) is 4.59. The summed E-state index contributed by atoms with van der Waals surface area (Å²) in [5.74, 6) is 0.801. The van der Waals surface area contributed by atoms with Gasteiger partial charge in [0.15, 0.2) is 0 Å². The van der Waals surface area contributed by atoms with E-state index in [1.54, 1.807) is 12.0 Å². The summed E-state index contributed by atoms with van der Waals surface area (Å²) in [5.41, 5.74) is 0. The molecule has 8 heteroatoms. The van der Waals surface area contributed by atoms with Gasteiger partial charge < -0.3 is 20.1 Å². The van der Waals surface area contributed by atoms with Crippen molar-refractivity contribution in [1.29, 1.82) is 0 Å². The van der Waals surface area contributed by atoms with Crippen molar-refractivity contribution in [3.8, 4) is 0 Å². The third-order valence-electron chi connectivity index (χ3n) is 2.22. The fourth-order valence-corrected chi connectivity index (χ4v) is 1.41. The zero-order valence-electron chi connectivity index (χ0n) is 10.7. The molecule has 18 heavy (non-hydrogen) atoms. The van der Waals surface area contributed by atoms with Crippen LogP contribution in [-0.2, 0) is 4.74 Å². The van der Waals surface area contributed by atoms with Crippen molar-refractivity contribution in [2.75, 3.05) is 44.6 Å². The lowest BCUT2D eigenvalue weighted by Crippen LogP contribution is -2.27. The molecule has 0 fully saturated rings. The van der Waals surface area contributed by atoms with Crippen LogP contribution in [-0.4, -0.2) is 60.5 Å². The van der Waals surface area contributed by atoms with Crippen molar-refractivity contribution in [1.82, 2.24) is 15.0 Å². The Kier molecular flexibility index (Phi) is 6.03. The predicted molar refractivity (Wildman–Crippen MR) is 70.2 cm³/mol. The van der Waals surface area contributed by atoms with Crippen molar-refractivity contribution in [2.24, 2.45) is 0 Å². The Hall–Kier alpha value is -1.18. The lowest BCUT2D eigenvalue weighted by atomic mass is 10.2. The minimum Gasteiger partial charge on any atom is -0.394 e. The molecule has 0 aliphatic heterocycles. The molecule has 7 nitrogen and oxygen atoms in total. The molecule has 0 bridgehead atoms.